The second-order valence-electron chi connectivity index (χ2n) is 11.7. The van der Waals surface area contributed by atoms with E-state index >= 15 is 0 Å². The summed E-state index contributed by atoms with van der Waals surface area (Å²) in [4.78, 5) is 40.6. The number of carboxylic acid groups (broad SMARTS) is 4. The van der Waals surface area contributed by atoms with Crippen LogP contribution in [-0.4, -0.2) is 44.3 Å². The van der Waals surface area contributed by atoms with Crippen molar-refractivity contribution in [2.24, 2.45) is 0 Å². The van der Waals surface area contributed by atoms with Crippen LogP contribution in [0.25, 0.3) is 0 Å². The van der Waals surface area contributed by atoms with Gasteiger partial charge in [0.2, 0.25) is 0 Å². The fourth-order valence-electron chi connectivity index (χ4n) is 4.49. The van der Waals surface area contributed by atoms with Gasteiger partial charge in [-0.2, -0.15) is 0 Å². The summed E-state index contributed by atoms with van der Waals surface area (Å²) in [5.74, 6) is -2.85. The maximum absolute atomic E-state index is 10.3. The lowest BCUT2D eigenvalue weighted by Crippen LogP contribution is -1.95. The zero-order valence-corrected chi connectivity index (χ0v) is 28.4. The third-order valence-corrected chi connectivity index (χ3v) is 7.18. The van der Waals surface area contributed by atoms with Gasteiger partial charge >= 0.3 is 23.9 Å². The van der Waals surface area contributed by atoms with E-state index in [0.29, 0.717) is 25.7 Å². The third kappa shape index (κ3) is 55.5. The van der Waals surface area contributed by atoms with Gasteiger partial charge in [0.1, 0.15) is 0 Å². The molecular formula is C36H68O8. The molecule has 0 aliphatic rings. The lowest BCUT2D eigenvalue weighted by molar-refractivity contribution is -0.138. The molecule has 0 amide bonds. The summed E-state index contributed by atoms with van der Waals surface area (Å²) < 4.78 is 0. The highest BCUT2D eigenvalue weighted by molar-refractivity contribution is 5.67. The van der Waals surface area contributed by atoms with Gasteiger partial charge < -0.3 is 20.4 Å². The smallest absolute Gasteiger partial charge is 0.303 e. The minimum absolute atomic E-state index is 0.221. The molecule has 0 aromatic heterocycles. The highest BCUT2D eigenvalue weighted by Crippen LogP contribution is 2.10. The monoisotopic (exact) mass is 628 g/mol. The van der Waals surface area contributed by atoms with Gasteiger partial charge in [-0.1, -0.05) is 129 Å². The molecular weight excluding hydrogens is 560 g/mol. The summed E-state index contributed by atoms with van der Waals surface area (Å²) in [5, 5.41) is 33.4. The number of allylic oxidation sites excluding steroid dienone is 2. The van der Waals surface area contributed by atoms with Crippen molar-refractivity contribution in [3.63, 3.8) is 0 Å². The Bertz CT molecular complexity index is 657. The Balaban J connectivity index is -0.000000608. The van der Waals surface area contributed by atoms with Gasteiger partial charge in [0.25, 0.3) is 0 Å². The van der Waals surface area contributed by atoms with E-state index in [1.54, 1.807) is 0 Å². The molecule has 0 aromatic rings. The molecule has 44 heavy (non-hydrogen) atoms. The van der Waals surface area contributed by atoms with Gasteiger partial charge in [0.15, 0.2) is 0 Å². The van der Waals surface area contributed by atoms with Crippen LogP contribution >= 0.6 is 0 Å². The Labute approximate surface area is 269 Å². The summed E-state index contributed by atoms with van der Waals surface area (Å²) in [7, 11) is 0. The van der Waals surface area contributed by atoms with E-state index in [1.165, 1.54) is 96.3 Å². The molecule has 0 aliphatic heterocycles. The van der Waals surface area contributed by atoms with Crippen molar-refractivity contribution in [2.75, 3.05) is 0 Å². The molecule has 0 rings (SSSR count). The first-order valence-corrected chi connectivity index (χ1v) is 17.7. The van der Waals surface area contributed by atoms with Crippen molar-refractivity contribution < 1.29 is 39.6 Å². The molecule has 8 nitrogen and oxygen atoms in total. The number of rotatable bonds is 30. The average molecular weight is 629 g/mol. The lowest BCUT2D eigenvalue weighted by atomic mass is 10.1. The van der Waals surface area contributed by atoms with Gasteiger partial charge in [-0.05, 0) is 51.4 Å². The summed E-state index contributed by atoms with van der Waals surface area (Å²) in [6, 6.07) is 0. The van der Waals surface area contributed by atoms with Crippen LogP contribution in [0.15, 0.2) is 12.2 Å². The molecule has 0 radical (unpaired) electrons. The number of aliphatic carboxylic acids is 4. The molecule has 0 saturated carbocycles. The molecule has 260 valence electrons. The van der Waals surface area contributed by atoms with E-state index in [0.717, 1.165) is 44.9 Å². The predicted molar refractivity (Wildman–Crippen MR) is 180 cm³/mol. The highest BCUT2D eigenvalue weighted by Gasteiger charge is 1.99. The van der Waals surface area contributed by atoms with Gasteiger partial charge in [-0.3, -0.25) is 19.2 Å². The molecule has 4 N–H and O–H groups in total. The third-order valence-electron chi connectivity index (χ3n) is 7.18. The molecule has 0 spiro atoms. The standard InChI is InChI=1S/C18H34O2.C9H16O4.C9H18O2/c1-2-3-4-5-6-7-8-9-10-11-12-13-14-15-16-17-18(19)20;10-8(11)6-4-2-1-3-5-7-9(12)13;1-2-3-4-5-6-7-8-9(10)11/h9-10H,2-8,11-17H2,1H3,(H,19,20);1-7H2,(H,10,11)(H,12,13);2-8H2,1H3,(H,10,11)/b10-9-;;. The first-order chi connectivity index (χ1) is 21.2. The maximum atomic E-state index is 10.3. The highest BCUT2D eigenvalue weighted by atomic mass is 16.4. The Morgan fingerprint density at radius 1 is 0.341 bits per heavy atom. The number of carbonyl (C=O) groups is 4. The van der Waals surface area contributed by atoms with Crippen LogP contribution in [0.4, 0.5) is 0 Å². The van der Waals surface area contributed by atoms with Crippen molar-refractivity contribution in [3.05, 3.63) is 12.2 Å². The second-order valence-corrected chi connectivity index (χ2v) is 11.7. The molecule has 0 atom stereocenters. The fourth-order valence-corrected chi connectivity index (χ4v) is 4.49. The van der Waals surface area contributed by atoms with E-state index in [4.69, 9.17) is 20.4 Å². The summed E-state index contributed by atoms with van der Waals surface area (Å²) >= 11 is 0. The Morgan fingerprint density at radius 2 is 0.545 bits per heavy atom. The van der Waals surface area contributed by atoms with Crippen molar-refractivity contribution in [3.8, 4) is 0 Å². The van der Waals surface area contributed by atoms with Crippen LogP contribution in [0.2, 0.25) is 0 Å². The van der Waals surface area contributed by atoms with Crippen molar-refractivity contribution in [1.29, 1.82) is 0 Å². The number of carboxylic acids is 4. The van der Waals surface area contributed by atoms with Crippen LogP contribution in [0, 0.1) is 0 Å². The van der Waals surface area contributed by atoms with Crippen LogP contribution in [-0.2, 0) is 19.2 Å². The van der Waals surface area contributed by atoms with E-state index in [1.807, 2.05) is 0 Å². The fraction of sp³-hybridized carbons (Fsp3) is 0.833. The summed E-state index contributed by atoms with van der Waals surface area (Å²) in [5.41, 5.74) is 0. The topological polar surface area (TPSA) is 149 Å². The lowest BCUT2D eigenvalue weighted by Gasteiger charge is -1.99. The van der Waals surface area contributed by atoms with Gasteiger partial charge in [-0.25, -0.2) is 0 Å². The first kappa shape index (κ1) is 46.0. The molecule has 0 bridgehead atoms. The second kappa shape index (κ2) is 40.6. The van der Waals surface area contributed by atoms with Crippen molar-refractivity contribution >= 4 is 23.9 Å². The van der Waals surface area contributed by atoms with Crippen molar-refractivity contribution in [2.45, 2.75) is 194 Å². The average Bonchev–Trinajstić information content (AvgIpc) is 2.96. The summed E-state index contributed by atoms with van der Waals surface area (Å²) in [6.07, 6.45) is 33.0. The van der Waals surface area contributed by atoms with Gasteiger partial charge in [0.05, 0.1) is 0 Å². The molecule has 0 aliphatic carbocycles. The number of hydrogen-bond donors (Lipinski definition) is 4. The predicted octanol–water partition coefficient (Wildman–Crippen LogP) is 10.8. The van der Waals surface area contributed by atoms with E-state index < -0.39 is 23.9 Å². The van der Waals surface area contributed by atoms with Crippen LogP contribution in [0.1, 0.15) is 194 Å². The number of hydrogen-bond acceptors (Lipinski definition) is 4. The van der Waals surface area contributed by atoms with Crippen LogP contribution < -0.4 is 0 Å². The zero-order valence-electron chi connectivity index (χ0n) is 28.4. The molecule has 0 aromatic carbocycles. The SMILES string of the molecule is CCCCCCCC/C=C\CCCCCCCC(=O)O.CCCCCCCCC(=O)O.O=C(O)CCCCCCCC(=O)O. The quantitative estimate of drug-likeness (QED) is 0.0453. The van der Waals surface area contributed by atoms with E-state index in [9.17, 15) is 19.2 Å². The first-order valence-electron chi connectivity index (χ1n) is 17.7. The number of unbranched alkanes of at least 4 members (excludes halogenated alkanes) is 20. The molecule has 0 heterocycles. The van der Waals surface area contributed by atoms with Gasteiger partial charge in [0, 0.05) is 25.7 Å². The zero-order chi connectivity index (χ0) is 33.5. The molecule has 8 heteroatoms. The van der Waals surface area contributed by atoms with Crippen LogP contribution in [0.5, 0.6) is 0 Å². The Kier molecular flexibility index (Phi) is 42.5. The van der Waals surface area contributed by atoms with Crippen LogP contribution in [0.3, 0.4) is 0 Å². The summed E-state index contributed by atoms with van der Waals surface area (Å²) in [6.45, 7) is 4.44. The van der Waals surface area contributed by atoms with E-state index in [-0.39, 0.29) is 12.8 Å². The van der Waals surface area contributed by atoms with Gasteiger partial charge in [-0.15, -0.1) is 0 Å². The molecule has 0 fully saturated rings. The molecule has 0 unspecified atom stereocenters. The maximum Gasteiger partial charge on any atom is 0.303 e. The minimum Gasteiger partial charge on any atom is -0.481 e. The van der Waals surface area contributed by atoms with E-state index in [2.05, 4.69) is 26.0 Å². The Hall–Kier alpha value is -2.38. The normalized spacial score (nSPS) is 10.5. The molecule has 0 saturated heterocycles. The largest absolute Gasteiger partial charge is 0.481 e. The Morgan fingerprint density at radius 3 is 0.773 bits per heavy atom. The minimum atomic E-state index is -0.759. The van der Waals surface area contributed by atoms with Crippen molar-refractivity contribution in [1.82, 2.24) is 0 Å².